The molecule has 0 radical (unpaired) electrons. The van der Waals surface area contributed by atoms with Gasteiger partial charge >= 0.3 is 0 Å². The Hall–Kier alpha value is -1.61. The molecule has 1 aliphatic rings. The Morgan fingerprint density at radius 3 is 2.57 bits per heavy atom. The van der Waals surface area contributed by atoms with E-state index in [2.05, 4.69) is 23.7 Å². The van der Waals surface area contributed by atoms with Gasteiger partial charge in [-0.25, -0.2) is 9.97 Å². The highest BCUT2D eigenvalue weighted by Gasteiger charge is 2.24. The van der Waals surface area contributed by atoms with Crippen LogP contribution in [-0.4, -0.2) is 23.1 Å². The first-order valence-electron chi connectivity index (χ1n) is 7.48. The van der Waals surface area contributed by atoms with Crippen LogP contribution in [-0.2, 0) is 0 Å². The van der Waals surface area contributed by atoms with Gasteiger partial charge in [-0.3, -0.25) is 0 Å². The number of piperidine rings is 1. The van der Waals surface area contributed by atoms with Crippen molar-refractivity contribution in [3.63, 3.8) is 0 Å². The number of hydrogen-bond acceptors (Lipinski definition) is 3. The van der Waals surface area contributed by atoms with Crippen molar-refractivity contribution in [2.45, 2.75) is 20.3 Å². The molecule has 1 fully saturated rings. The van der Waals surface area contributed by atoms with E-state index in [1.807, 2.05) is 36.4 Å². The smallest absolute Gasteiger partial charge is 0.163 e. The molecule has 1 aromatic heterocycles. The maximum atomic E-state index is 6.21. The molecule has 21 heavy (non-hydrogen) atoms. The molecule has 3 rings (SSSR count). The fraction of sp³-hybridized carbons (Fsp3) is 0.412. The van der Waals surface area contributed by atoms with E-state index < -0.39 is 0 Å². The molecule has 0 saturated carbocycles. The summed E-state index contributed by atoms with van der Waals surface area (Å²) in [6, 6.07) is 11.9. The topological polar surface area (TPSA) is 29.0 Å². The Morgan fingerprint density at radius 1 is 1.10 bits per heavy atom. The van der Waals surface area contributed by atoms with Crippen LogP contribution in [0.1, 0.15) is 20.3 Å². The molecule has 0 amide bonds. The number of hydrogen-bond donors (Lipinski definition) is 0. The zero-order chi connectivity index (χ0) is 14.8. The van der Waals surface area contributed by atoms with Crippen LogP contribution in [0.25, 0.3) is 11.4 Å². The lowest BCUT2D eigenvalue weighted by Gasteiger charge is -2.36. The van der Waals surface area contributed by atoms with E-state index in [1.165, 1.54) is 6.42 Å². The third-order valence-corrected chi connectivity index (χ3v) is 4.57. The van der Waals surface area contributed by atoms with Crippen molar-refractivity contribution < 1.29 is 0 Å². The molecule has 110 valence electrons. The van der Waals surface area contributed by atoms with Crippen molar-refractivity contribution in [2.24, 2.45) is 11.8 Å². The van der Waals surface area contributed by atoms with E-state index >= 15 is 0 Å². The summed E-state index contributed by atoms with van der Waals surface area (Å²) < 4.78 is 0. The zero-order valence-electron chi connectivity index (χ0n) is 12.5. The second kappa shape index (κ2) is 6.02. The predicted octanol–water partition coefficient (Wildman–Crippen LogP) is 4.28. The van der Waals surface area contributed by atoms with Gasteiger partial charge in [0.25, 0.3) is 0 Å². The van der Waals surface area contributed by atoms with Gasteiger partial charge in [0.1, 0.15) is 11.0 Å². The maximum Gasteiger partial charge on any atom is 0.163 e. The van der Waals surface area contributed by atoms with Crippen LogP contribution in [0.2, 0.25) is 5.15 Å². The van der Waals surface area contributed by atoms with Crippen molar-refractivity contribution in [1.29, 1.82) is 0 Å². The van der Waals surface area contributed by atoms with Crippen LogP contribution in [0, 0.1) is 11.8 Å². The lowest BCUT2D eigenvalue weighted by molar-refractivity contribution is 0.323. The number of aromatic nitrogens is 2. The van der Waals surface area contributed by atoms with E-state index in [-0.39, 0.29) is 0 Å². The normalized spacial score (nSPS) is 22.3. The van der Waals surface area contributed by atoms with Crippen molar-refractivity contribution >= 4 is 17.4 Å². The second-order valence-corrected chi connectivity index (χ2v) is 6.32. The van der Waals surface area contributed by atoms with Gasteiger partial charge < -0.3 is 4.90 Å². The largest absolute Gasteiger partial charge is 0.356 e. The minimum atomic E-state index is 0.505. The van der Waals surface area contributed by atoms with Crippen molar-refractivity contribution in [2.75, 3.05) is 18.0 Å². The molecule has 2 heterocycles. The summed E-state index contributed by atoms with van der Waals surface area (Å²) in [5.41, 5.74) is 1.000. The maximum absolute atomic E-state index is 6.21. The minimum absolute atomic E-state index is 0.505. The van der Waals surface area contributed by atoms with E-state index in [1.54, 1.807) is 0 Å². The first-order chi connectivity index (χ1) is 10.1. The Bertz CT molecular complexity index is 615. The molecule has 0 spiro atoms. The molecule has 0 N–H and O–H groups in total. The Morgan fingerprint density at radius 2 is 1.86 bits per heavy atom. The van der Waals surface area contributed by atoms with Crippen molar-refractivity contribution in [3.8, 4) is 11.4 Å². The molecule has 1 aromatic carbocycles. The molecule has 1 saturated heterocycles. The summed E-state index contributed by atoms with van der Waals surface area (Å²) in [5, 5.41) is 0.505. The average Bonchev–Trinajstić information content (AvgIpc) is 2.50. The molecule has 2 unspecified atom stereocenters. The molecular formula is C17H20ClN3. The van der Waals surface area contributed by atoms with Gasteiger partial charge in [0.2, 0.25) is 0 Å². The van der Waals surface area contributed by atoms with E-state index in [9.17, 15) is 0 Å². The Labute approximate surface area is 131 Å². The van der Waals surface area contributed by atoms with Gasteiger partial charge in [0.05, 0.1) is 0 Å². The summed E-state index contributed by atoms with van der Waals surface area (Å²) in [5.74, 6) is 3.08. The summed E-state index contributed by atoms with van der Waals surface area (Å²) in [7, 11) is 0. The van der Waals surface area contributed by atoms with Crippen LogP contribution in [0.5, 0.6) is 0 Å². The summed E-state index contributed by atoms with van der Waals surface area (Å²) in [6.07, 6.45) is 1.20. The lowest BCUT2D eigenvalue weighted by Crippen LogP contribution is -2.38. The molecule has 0 bridgehead atoms. The van der Waals surface area contributed by atoms with Crippen molar-refractivity contribution in [1.82, 2.24) is 9.97 Å². The number of benzene rings is 1. The summed E-state index contributed by atoms with van der Waals surface area (Å²) >= 11 is 6.21. The van der Waals surface area contributed by atoms with Gasteiger partial charge in [-0.05, 0) is 18.3 Å². The second-order valence-electron chi connectivity index (χ2n) is 5.93. The lowest BCUT2D eigenvalue weighted by atomic mass is 9.89. The number of halogens is 1. The van der Waals surface area contributed by atoms with Crippen LogP contribution in [0.4, 0.5) is 5.82 Å². The Kier molecular flexibility index (Phi) is 4.11. The first-order valence-corrected chi connectivity index (χ1v) is 7.86. The fourth-order valence-electron chi connectivity index (χ4n) is 2.76. The standard InChI is InChI=1S/C17H20ClN3/c1-12-8-9-21(11-13(12)2)16-10-15(18)19-17(20-16)14-6-4-3-5-7-14/h3-7,10,12-13H,8-9,11H2,1-2H3. The monoisotopic (exact) mass is 301 g/mol. The molecule has 2 aromatic rings. The SMILES string of the molecule is CC1CCN(c2cc(Cl)nc(-c3ccccc3)n2)CC1C. The summed E-state index contributed by atoms with van der Waals surface area (Å²) in [6.45, 7) is 6.69. The van der Waals surface area contributed by atoms with Crippen LogP contribution < -0.4 is 4.90 Å². The molecule has 3 nitrogen and oxygen atoms in total. The quantitative estimate of drug-likeness (QED) is 0.775. The van der Waals surface area contributed by atoms with Gasteiger partial charge in [-0.1, -0.05) is 55.8 Å². The Balaban J connectivity index is 1.92. The molecule has 1 aliphatic heterocycles. The average molecular weight is 302 g/mol. The molecule has 4 heteroatoms. The van der Waals surface area contributed by atoms with E-state index in [4.69, 9.17) is 16.6 Å². The van der Waals surface area contributed by atoms with E-state index in [0.717, 1.165) is 30.4 Å². The number of rotatable bonds is 2. The van der Waals surface area contributed by atoms with E-state index in [0.29, 0.717) is 16.9 Å². The van der Waals surface area contributed by atoms with Crippen LogP contribution in [0.3, 0.4) is 0 Å². The van der Waals surface area contributed by atoms with Gasteiger partial charge in [0.15, 0.2) is 5.82 Å². The van der Waals surface area contributed by atoms with Crippen LogP contribution in [0.15, 0.2) is 36.4 Å². The highest BCUT2D eigenvalue weighted by atomic mass is 35.5. The van der Waals surface area contributed by atoms with Crippen molar-refractivity contribution in [3.05, 3.63) is 41.6 Å². The molecular weight excluding hydrogens is 282 g/mol. The van der Waals surface area contributed by atoms with Gasteiger partial charge in [-0.15, -0.1) is 0 Å². The van der Waals surface area contributed by atoms with Crippen LogP contribution >= 0.6 is 11.6 Å². The molecule has 2 atom stereocenters. The predicted molar refractivity (Wildman–Crippen MR) is 87.6 cm³/mol. The van der Waals surface area contributed by atoms with Gasteiger partial charge in [-0.2, -0.15) is 0 Å². The highest BCUT2D eigenvalue weighted by molar-refractivity contribution is 6.29. The number of nitrogens with zero attached hydrogens (tertiary/aromatic N) is 3. The molecule has 0 aliphatic carbocycles. The third-order valence-electron chi connectivity index (χ3n) is 4.37. The fourth-order valence-corrected chi connectivity index (χ4v) is 2.93. The third kappa shape index (κ3) is 3.18. The minimum Gasteiger partial charge on any atom is -0.356 e. The highest BCUT2D eigenvalue weighted by Crippen LogP contribution is 2.28. The first kappa shape index (κ1) is 14.3. The zero-order valence-corrected chi connectivity index (χ0v) is 13.2. The van der Waals surface area contributed by atoms with Gasteiger partial charge in [0, 0.05) is 24.7 Å². The number of anilines is 1. The summed E-state index contributed by atoms with van der Waals surface area (Å²) in [4.78, 5) is 11.4.